The topological polar surface area (TPSA) is 66.8 Å². The number of ether oxygens (including phenoxy) is 1. The molecule has 1 aliphatic rings. The summed E-state index contributed by atoms with van der Waals surface area (Å²) in [5, 5.41) is 9.27. The van der Waals surface area contributed by atoms with Crippen LogP contribution in [-0.4, -0.2) is 38.9 Å². The molecule has 24 heavy (non-hydrogen) atoms. The van der Waals surface area contributed by atoms with Crippen molar-refractivity contribution in [2.45, 2.75) is 19.4 Å². The lowest BCUT2D eigenvalue weighted by molar-refractivity contribution is -0.145. The van der Waals surface area contributed by atoms with Gasteiger partial charge in [-0.05, 0) is 18.6 Å². The van der Waals surface area contributed by atoms with Gasteiger partial charge in [-0.15, -0.1) is 0 Å². The van der Waals surface area contributed by atoms with Crippen molar-refractivity contribution in [3.05, 3.63) is 47.4 Å². The average Bonchev–Trinajstić information content (AvgIpc) is 2.82. The maximum absolute atomic E-state index is 12.6. The lowest BCUT2D eigenvalue weighted by Gasteiger charge is -2.21. The minimum Gasteiger partial charge on any atom is -0.489 e. The molecule has 0 radical (unpaired) electrons. The third-order valence-corrected chi connectivity index (χ3v) is 4.70. The van der Waals surface area contributed by atoms with E-state index in [9.17, 15) is 14.7 Å². The first kappa shape index (κ1) is 18.2. The van der Waals surface area contributed by atoms with E-state index in [0.717, 1.165) is 17.3 Å². The Morgan fingerprint density at radius 1 is 1.50 bits per heavy atom. The van der Waals surface area contributed by atoms with Gasteiger partial charge in [-0.25, -0.2) is 4.79 Å². The van der Waals surface area contributed by atoms with Gasteiger partial charge in [0.15, 0.2) is 0 Å². The molecule has 1 heterocycles. The quantitative estimate of drug-likeness (QED) is 0.455. The molecule has 126 valence electrons. The number of carbonyl (C=O) groups excluding carboxylic acids is 1. The van der Waals surface area contributed by atoms with E-state index in [4.69, 9.17) is 17.0 Å². The number of nitrogens with zero attached hydrogens (tertiary/aromatic N) is 1. The number of aliphatic carboxylic acids is 1. The van der Waals surface area contributed by atoms with E-state index >= 15 is 0 Å². The smallest absolute Gasteiger partial charge is 0.326 e. The first-order valence-electron chi connectivity index (χ1n) is 7.32. The van der Waals surface area contributed by atoms with Crippen LogP contribution in [0, 0.1) is 0 Å². The first-order chi connectivity index (χ1) is 11.5. The Bertz CT molecular complexity index is 714. The summed E-state index contributed by atoms with van der Waals surface area (Å²) in [6, 6.07) is 6.33. The van der Waals surface area contributed by atoms with Gasteiger partial charge in [0.05, 0.1) is 4.91 Å². The summed E-state index contributed by atoms with van der Waals surface area (Å²) in [5.41, 5.74) is 0.725. The highest BCUT2D eigenvalue weighted by atomic mass is 32.2. The van der Waals surface area contributed by atoms with Crippen LogP contribution in [0.5, 0.6) is 5.75 Å². The SMILES string of the molecule is C=CCOc1ccccc1C=C1SC(=S)N(C(CC)C(=O)O)C1=O. The van der Waals surface area contributed by atoms with Gasteiger partial charge in [0.25, 0.3) is 5.91 Å². The molecule has 7 heteroatoms. The van der Waals surface area contributed by atoms with Gasteiger partial charge in [0, 0.05) is 5.56 Å². The van der Waals surface area contributed by atoms with Crippen molar-refractivity contribution in [3.63, 3.8) is 0 Å². The molecule has 1 N–H and O–H groups in total. The monoisotopic (exact) mass is 363 g/mol. The van der Waals surface area contributed by atoms with E-state index in [1.165, 1.54) is 4.90 Å². The van der Waals surface area contributed by atoms with Gasteiger partial charge in [-0.1, -0.05) is 61.8 Å². The number of carboxylic acid groups (broad SMARTS) is 1. The molecule has 1 atom stereocenters. The summed E-state index contributed by atoms with van der Waals surface area (Å²) in [4.78, 5) is 25.5. The predicted octanol–water partition coefficient (Wildman–Crippen LogP) is 3.32. The van der Waals surface area contributed by atoms with Crippen molar-refractivity contribution in [1.29, 1.82) is 0 Å². The van der Waals surface area contributed by atoms with E-state index in [2.05, 4.69) is 6.58 Å². The molecule has 1 saturated heterocycles. The van der Waals surface area contributed by atoms with Crippen molar-refractivity contribution < 1.29 is 19.4 Å². The standard InChI is InChI=1S/C17H17NO4S2/c1-3-9-22-13-8-6-5-7-11(13)10-14-15(19)18(17(23)24-14)12(4-2)16(20)21/h3,5-8,10,12H,1,4,9H2,2H3,(H,20,21). The molecule has 2 rings (SSSR count). The highest BCUT2D eigenvalue weighted by Gasteiger charge is 2.39. The molecule has 0 aliphatic carbocycles. The highest BCUT2D eigenvalue weighted by molar-refractivity contribution is 8.26. The zero-order valence-electron chi connectivity index (χ0n) is 13.1. The second-order valence-corrected chi connectivity index (χ2v) is 6.63. The van der Waals surface area contributed by atoms with Crippen molar-refractivity contribution in [1.82, 2.24) is 4.90 Å². The van der Waals surface area contributed by atoms with Crippen LogP contribution in [0.25, 0.3) is 6.08 Å². The Morgan fingerprint density at radius 2 is 2.21 bits per heavy atom. The van der Waals surface area contributed by atoms with Gasteiger partial charge >= 0.3 is 5.97 Å². The molecule has 5 nitrogen and oxygen atoms in total. The minimum absolute atomic E-state index is 0.255. The van der Waals surface area contributed by atoms with Gasteiger partial charge in [0.1, 0.15) is 22.7 Å². The van der Waals surface area contributed by atoms with E-state index < -0.39 is 17.9 Å². The Kier molecular flexibility index (Phi) is 6.16. The number of carboxylic acids is 1. The summed E-state index contributed by atoms with van der Waals surface area (Å²) >= 11 is 6.29. The second kappa shape index (κ2) is 8.12. The summed E-state index contributed by atoms with van der Waals surface area (Å²) in [7, 11) is 0. The van der Waals surface area contributed by atoms with E-state index in [1.807, 2.05) is 18.2 Å². The van der Waals surface area contributed by atoms with Crippen LogP contribution in [0.4, 0.5) is 0 Å². The Balaban J connectivity index is 2.32. The fourth-order valence-electron chi connectivity index (χ4n) is 2.24. The maximum atomic E-state index is 12.6. The number of thiocarbonyl (C=S) groups is 1. The predicted molar refractivity (Wildman–Crippen MR) is 98.9 cm³/mol. The summed E-state index contributed by atoms with van der Waals surface area (Å²) in [6.45, 7) is 5.67. The van der Waals surface area contributed by atoms with Gasteiger partial charge in [0.2, 0.25) is 0 Å². The molecule has 1 amide bonds. The fraction of sp³-hybridized carbons (Fsp3) is 0.235. The molecule has 0 saturated carbocycles. The number of amides is 1. The third kappa shape index (κ3) is 3.85. The molecular formula is C17H17NO4S2. The van der Waals surface area contributed by atoms with Crippen molar-refractivity contribution >= 4 is 46.3 Å². The number of rotatable bonds is 7. The molecule has 1 fully saturated rings. The molecular weight excluding hydrogens is 346 g/mol. The zero-order chi connectivity index (χ0) is 17.7. The normalized spacial score (nSPS) is 17.2. The molecule has 0 aromatic heterocycles. The lowest BCUT2D eigenvalue weighted by Crippen LogP contribution is -2.43. The number of hydrogen-bond acceptors (Lipinski definition) is 5. The van der Waals surface area contributed by atoms with E-state index in [-0.39, 0.29) is 10.7 Å². The van der Waals surface area contributed by atoms with E-state index in [0.29, 0.717) is 17.3 Å². The molecule has 1 unspecified atom stereocenters. The van der Waals surface area contributed by atoms with Crippen LogP contribution in [-0.2, 0) is 9.59 Å². The van der Waals surface area contributed by atoms with Gasteiger partial charge in [-0.3, -0.25) is 9.69 Å². The maximum Gasteiger partial charge on any atom is 0.326 e. The Morgan fingerprint density at radius 3 is 2.83 bits per heavy atom. The Hall–Kier alpha value is -2.12. The molecule has 0 spiro atoms. The van der Waals surface area contributed by atoms with Crippen LogP contribution in [0.3, 0.4) is 0 Å². The highest BCUT2D eigenvalue weighted by Crippen LogP contribution is 2.35. The second-order valence-electron chi connectivity index (χ2n) is 4.95. The van der Waals surface area contributed by atoms with Crippen molar-refractivity contribution in [2.24, 2.45) is 0 Å². The van der Waals surface area contributed by atoms with Crippen molar-refractivity contribution in [2.75, 3.05) is 6.61 Å². The summed E-state index contributed by atoms with van der Waals surface area (Å²) in [5.74, 6) is -0.838. The average molecular weight is 363 g/mol. The van der Waals surface area contributed by atoms with Crippen LogP contribution in [0.15, 0.2) is 41.8 Å². The molecule has 1 aromatic rings. The minimum atomic E-state index is -1.07. The number of thioether (sulfide) groups is 1. The summed E-state index contributed by atoms with van der Waals surface area (Å²) < 4.78 is 5.82. The first-order valence-corrected chi connectivity index (χ1v) is 8.54. The fourth-order valence-corrected chi connectivity index (χ4v) is 3.58. The van der Waals surface area contributed by atoms with Crippen LogP contribution in [0.2, 0.25) is 0 Å². The summed E-state index contributed by atoms with van der Waals surface area (Å²) in [6.07, 6.45) is 3.59. The number of benzene rings is 1. The number of para-hydroxylation sites is 1. The van der Waals surface area contributed by atoms with Crippen molar-refractivity contribution in [3.8, 4) is 5.75 Å². The van der Waals surface area contributed by atoms with Crippen LogP contribution >= 0.6 is 24.0 Å². The molecule has 1 aromatic carbocycles. The largest absolute Gasteiger partial charge is 0.489 e. The van der Waals surface area contributed by atoms with Crippen LogP contribution in [0.1, 0.15) is 18.9 Å². The van der Waals surface area contributed by atoms with Crippen LogP contribution < -0.4 is 4.74 Å². The zero-order valence-corrected chi connectivity index (χ0v) is 14.7. The third-order valence-electron chi connectivity index (χ3n) is 3.37. The number of carbonyl (C=O) groups is 2. The Labute approximate surface area is 150 Å². The number of hydrogen-bond donors (Lipinski definition) is 1. The molecule has 1 aliphatic heterocycles. The lowest BCUT2D eigenvalue weighted by atomic mass is 10.1. The van der Waals surface area contributed by atoms with E-state index in [1.54, 1.807) is 25.1 Å². The molecule has 0 bridgehead atoms. The van der Waals surface area contributed by atoms with Gasteiger partial charge in [-0.2, -0.15) is 0 Å². The van der Waals surface area contributed by atoms with Gasteiger partial charge < -0.3 is 9.84 Å².